The fraction of sp³-hybridized carbons (Fsp3) is 1.00. The standard InChI is InChI=1S/C13H27N3/c1-15(2)13-5-4-12(10-13)14-11-6-8-16(3)9-7-11/h11-14H,4-10H2,1-3H3. The van der Waals surface area contributed by atoms with Crippen molar-refractivity contribution >= 4 is 0 Å². The minimum Gasteiger partial charge on any atom is -0.311 e. The highest BCUT2D eigenvalue weighted by atomic mass is 15.1. The van der Waals surface area contributed by atoms with Gasteiger partial charge in [-0.2, -0.15) is 0 Å². The molecule has 1 N–H and O–H groups in total. The molecule has 0 radical (unpaired) electrons. The summed E-state index contributed by atoms with van der Waals surface area (Å²) in [6.07, 6.45) is 6.76. The molecule has 2 atom stereocenters. The van der Waals surface area contributed by atoms with E-state index >= 15 is 0 Å². The summed E-state index contributed by atoms with van der Waals surface area (Å²) in [6.45, 7) is 2.53. The fourth-order valence-electron chi connectivity index (χ4n) is 3.09. The maximum Gasteiger partial charge on any atom is 0.0105 e. The van der Waals surface area contributed by atoms with Gasteiger partial charge in [0.05, 0.1) is 0 Å². The van der Waals surface area contributed by atoms with E-state index < -0.39 is 0 Å². The Balaban J connectivity index is 1.71. The number of likely N-dealkylation sites (tertiary alicyclic amines) is 1. The second-order valence-corrected chi connectivity index (χ2v) is 5.87. The molecule has 0 aromatic carbocycles. The van der Waals surface area contributed by atoms with E-state index in [0.29, 0.717) is 0 Å². The summed E-state index contributed by atoms with van der Waals surface area (Å²) in [4.78, 5) is 4.83. The molecule has 2 unspecified atom stereocenters. The monoisotopic (exact) mass is 225 g/mol. The second-order valence-electron chi connectivity index (χ2n) is 5.87. The third kappa shape index (κ3) is 3.19. The number of rotatable bonds is 3. The van der Waals surface area contributed by atoms with Crippen LogP contribution in [0, 0.1) is 0 Å². The van der Waals surface area contributed by atoms with Crippen LogP contribution >= 0.6 is 0 Å². The molecule has 2 fully saturated rings. The molecule has 1 heterocycles. The van der Waals surface area contributed by atoms with Gasteiger partial charge in [-0.3, -0.25) is 0 Å². The van der Waals surface area contributed by atoms with Gasteiger partial charge >= 0.3 is 0 Å². The molecule has 1 saturated heterocycles. The Hall–Kier alpha value is -0.120. The van der Waals surface area contributed by atoms with Crippen molar-refractivity contribution in [2.24, 2.45) is 0 Å². The molecule has 2 rings (SSSR count). The van der Waals surface area contributed by atoms with Crippen LogP contribution in [0.5, 0.6) is 0 Å². The van der Waals surface area contributed by atoms with E-state index in [4.69, 9.17) is 0 Å². The maximum absolute atomic E-state index is 3.87. The Kier molecular flexibility index (Phi) is 4.22. The van der Waals surface area contributed by atoms with Crippen LogP contribution < -0.4 is 5.32 Å². The molecule has 1 aliphatic heterocycles. The van der Waals surface area contributed by atoms with Gasteiger partial charge in [-0.05, 0) is 66.3 Å². The lowest BCUT2D eigenvalue weighted by Crippen LogP contribution is -2.44. The van der Waals surface area contributed by atoms with Crippen molar-refractivity contribution in [3.8, 4) is 0 Å². The zero-order chi connectivity index (χ0) is 11.5. The summed E-state index contributed by atoms with van der Waals surface area (Å²) in [5.41, 5.74) is 0. The molecule has 0 bridgehead atoms. The number of piperidine rings is 1. The van der Waals surface area contributed by atoms with Crippen LogP contribution in [0.1, 0.15) is 32.1 Å². The minimum absolute atomic E-state index is 0.779. The SMILES string of the molecule is CN1CCC(NC2CCC(N(C)C)C2)CC1. The second kappa shape index (κ2) is 5.48. The lowest BCUT2D eigenvalue weighted by molar-refractivity contribution is 0.221. The normalized spacial score (nSPS) is 33.8. The van der Waals surface area contributed by atoms with Gasteiger partial charge in [0.2, 0.25) is 0 Å². The van der Waals surface area contributed by atoms with Gasteiger partial charge in [0.15, 0.2) is 0 Å². The number of hydrogen-bond acceptors (Lipinski definition) is 3. The lowest BCUT2D eigenvalue weighted by atomic mass is 10.0. The van der Waals surface area contributed by atoms with Crippen molar-refractivity contribution in [2.45, 2.75) is 50.2 Å². The van der Waals surface area contributed by atoms with Gasteiger partial charge in [-0.1, -0.05) is 0 Å². The van der Waals surface area contributed by atoms with E-state index in [2.05, 4.69) is 36.3 Å². The van der Waals surface area contributed by atoms with E-state index in [1.54, 1.807) is 0 Å². The summed E-state index contributed by atoms with van der Waals surface area (Å²) in [6, 6.07) is 2.37. The first kappa shape index (κ1) is 12.3. The molecule has 0 amide bonds. The van der Waals surface area contributed by atoms with E-state index in [1.807, 2.05) is 0 Å². The van der Waals surface area contributed by atoms with Crippen LogP contribution in [-0.4, -0.2) is 62.2 Å². The van der Waals surface area contributed by atoms with Crippen molar-refractivity contribution < 1.29 is 0 Å². The van der Waals surface area contributed by atoms with E-state index in [9.17, 15) is 0 Å². The molecule has 0 aromatic rings. The number of nitrogens with zero attached hydrogens (tertiary/aromatic N) is 2. The smallest absolute Gasteiger partial charge is 0.0105 e. The Labute approximate surface area is 100 Å². The molecule has 0 aromatic heterocycles. The highest BCUT2D eigenvalue weighted by molar-refractivity contribution is 4.88. The molecule has 3 nitrogen and oxygen atoms in total. The Morgan fingerprint density at radius 3 is 2.25 bits per heavy atom. The zero-order valence-corrected chi connectivity index (χ0v) is 11.1. The van der Waals surface area contributed by atoms with Crippen molar-refractivity contribution in [1.29, 1.82) is 0 Å². The average molecular weight is 225 g/mol. The lowest BCUT2D eigenvalue weighted by Gasteiger charge is -2.31. The zero-order valence-electron chi connectivity index (χ0n) is 11.1. The first-order valence-electron chi connectivity index (χ1n) is 6.76. The number of nitrogens with one attached hydrogen (secondary N) is 1. The van der Waals surface area contributed by atoms with Gasteiger partial charge in [-0.15, -0.1) is 0 Å². The summed E-state index contributed by atoms with van der Waals surface area (Å²) < 4.78 is 0. The van der Waals surface area contributed by atoms with Crippen molar-refractivity contribution in [1.82, 2.24) is 15.1 Å². The molecule has 1 saturated carbocycles. The first-order chi connectivity index (χ1) is 7.65. The summed E-state index contributed by atoms with van der Waals surface area (Å²) in [5.74, 6) is 0. The van der Waals surface area contributed by atoms with E-state index in [1.165, 1.54) is 45.2 Å². The quantitative estimate of drug-likeness (QED) is 0.777. The Bertz CT molecular complexity index is 209. The average Bonchev–Trinajstić information content (AvgIpc) is 2.70. The first-order valence-corrected chi connectivity index (χ1v) is 6.76. The highest BCUT2D eigenvalue weighted by Crippen LogP contribution is 2.23. The van der Waals surface area contributed by atoms with Gasteiger partial charge in [0.25, 0.3) is 0 Å². The Morgan fingerprint density at radius 2 is 1.69 bits per heavy atom. The molecule has 0 spiro atoms. The fourth-order valence-corrected chi connectivity index (χ4v) is 3.09. The van der Waals surface area contributed by atoms with Crippen molar-refractivity contribution in [2.75, 3.05) is 34.2 Å². The highest BCUT2D eigenvalue weighted by Gasteiger charge is 2.28. The van der Waals surface area contributed by atoms with Gasteiger partial charge in [0, 0.05) is 18.1 Å². The predicted molar refractivity (Wildman–Crippen MR) is 68.8 cm³/mol. The molecule has 2 aliphatic rings. The van der Waals surface area contributed by atoms with Crippen LogP contribution in [0.4, 0.5) is 0 Å². The van der Waals surface area contributed by atoms with Crippen LogP contribution in [0.25, 0.3) is 0 Å². The van der Waals surface area contributed by atoms with Gasteiger partial charge < -0.3 is 15.1 Å². The largest absolute Gasteiger partial charge is 0.311 e. The van der Waals surface area contributed by atoms with Crippen molar-refractivity contribution in [3.63, 3.8) is 0 Å². The number of hydrogen-bond donors (Lipinski definition) is 1. The Morgan fingerprint density at radius 1 is 1.00 bits per heavy atom. The maximum atomic E-state index is 3.87. The summed E-state index contributed by atoms with van der Waals surface area (Å²) in [7, 11) is 6.65. The summed E-state index contributed by atoms with van der Waals surface area (Å²) in [5, 5.41) is 3.87. The van der Waals surface area contributed by atoms with Crippen molar-refractivity contribution in [3.05, 3.63) is 0 Å². The molecule has 16 heavy (non-hydrogen) atoms. The molecular weight excluding hydrogens is 198 g/mol. The van der Waals surface area contributed by atoms with Gasteiger partial charge in [-0.25, -0.2) is 0 Å². The van der Waals surface area contributed by atoms with E-state index in [-0.39, 0.29) is 0 Å². The minimum atomic E-state index is 0.779. The van der Waals surface area contributed by atoms with E-state index in [0.717, 1.165) is 18.1 Å². The van der Waals surface area contributed by atoms with Crippen LogP contribution in [0.2, 0.25) is 0 Å². The van der Waals surface area contributed by atoms with Crippen LogP contribution in [0.15, 0.2) is 0 Å². The summed E-state index contributed by atoms with van der Waals surface area (Å²) >= 11 is 0. The molecule has 94 valence electrons. The topological polar surface area (TPSA) is 18.5 Å². The molecule has 1 aliphatic carbocycles. The third-order valence-electron chi connectivity index (χ3n) is 4.33. The predicted octanol–water partition coefficient (Wildman–Crippen LogP) is 1.15. The van der Waals surface area contributed by atoms with Crippen LogP contribution in [-0.2, 0) is 0 Å². The molecule has 3 heteroatoms. The third-order valence-corrected chi connectivity index (χ3v) is 4.33. The van der Waals surface area contributed by atoms with Gasteiger partial charge in [0.1, 0.15) is 0 Å². The molecular formula is C13H27N3. The van der Waals surface area contributed by atoms with Crippen LogP contribution in [0.3, 0.4) is 0 Å².